The summed E-state index contributed by atoms with van der Waals surface area (Å²) in [6, 6.07) is 0. The van der Waals surface area contributed by atoms with Gasteiger partial charge in [0.05, 0.1) is 0 Å². The molecule has 0 aliphatic carbocycles. The summed E-state index contributed by atoms with van der Waals surface area (Å²) in [5, 5.41) is 0. The molecule has 0 atom stereocenters. The number of hydrogen-bond donors (Lipinski definition) is 1. The van der Waals surface area contributed by atoms with E-state index in [2.05, 4.69) is 0 Å². The zero-order chi connectivity index (χ0) is 6.41. The van der Waals surface area contributed by atoms with Crippen LogP contribution in [0.1, 0.15) is 0 Å². The Balaban J connectivity index is 3.31. The molecular formula is C4H8IN2O-. The van der Waals surface area contributed by atoms with Gasteiger partial charge in [0.1, 0.15) is 0 Å². The van der Waals surface area contributed by atoms with Crippen molar-refractivity contribution in [3.63, 3.8) is 0 Å². The number of rotatable bonds is 3. The number of carbonyl (C=O) groups excluding carboxylic acids is 1. The average Bonchev–Trinajstić information content (AvgIpc) is 1.68. The van der Waals surface area contributed by atoms with E-state index in [0.29, 0.717) is 0 Å². The van der Waals surface area contributed by atoms with Crippen molar-refractivity contribution in [1.29, 1.82) is 0 Å². The fourth-order valence-electron chi connectivity index (χ4n) is 0.214. The van der Waals surface area contributed by atoms with E-state index < -0.39 is 21.5 Å². The van der Waals surface area contributed by atoms with Gasteiger partial charge in [0.2, 0.25) is 0 Å². The van der Waals surface area contributed by atoms with E-state index in [0.717, 1.165) is 4.29 Å². The van der Waals surface area contributed by atoms with Gasteiger partial charge < -0.3 is 0 Å². The molecule has 0 rings (SSSR count). The van der Waals surface area contributed by atoms with Crippen molar-refractivity contribution in [2.75, 3.05) is 7.05 Å². The SMILES string of the molecule is CN(/C=C\N)[I-]C=O. The summed E-state index contributed by atoms with van der Waals surface area (Å²) in [5.74, 6) is 0. The van der Waals surface area contributed by atoms with E-state index in [1.54, 1.807) is 9.31 Å². The predicted molar refractivity (Wildman–Crippen MR) is 27.8 cm³/mol. The van der Waals surface area contributed by atoms with Crippen molar-refractivity contribution < 1.29 is 26.3 Å². The molecule has 0 spiro atoms. The number of nitrogens with zero attached hydrogens (tertiary/aromatic N) is 1. The third kappa shape index (κ3) is 3.91. The quantitative estimate of drug-likeness (QED) is 0.236. The first kappa shape index (κ1) is 7.74. The van der Waals surface area contributed by atoms with Crippen LogP contribution in [0.4, 0.5) is 0 Å². The van der Waals surface area contributed by atoms with Crippen molar-refractivity contribution in [2.45, 2.75) is 0 Å². The number of hydrogen-bond acceptors (Lipinski definition) is 3. The fourth-order valence-corrected chi connectivity index (χ4v) is 0.944. The molecule has 8 heavy (non-hydrogen) atoms. The predicted octanol–water partition coefficient (Wildman–Crippen LogP) is -3.46. The van der Waals surface area contributed by atoms with E-state index in [9.17, 15) is 4.79 Å². The molecule has 4 heteroatoms. The zero-order valence-corrected chi connectivity index (χ0v) is 6.70. The van der Waals surface area contributed by atoms with E-state index in [1.807, 2.05) is 7.05 Å². The van der Waals surface area contributed by atoms with Crippen molar-refractivity contribution in [3.05, 3.63) is 12.4 Å². The molecular weight excluding hydrogens is 219 g/mol. The molecule has 0 bridgehead atoms. The van der Waals surface area contributed by atoms with Crippen LogP contribution in [0.5, 0.6) is 0 Å². The zero-order valence-electron chi connectivity index (χ0n) is 4.54. The second-order valence-corrected chi connectivity index (χ2v) is 3.64. The van der Waals surface area contributed by atoms with Crippen molar-refractivity contribution in [3.8, 4) is 0 Å². The Bertz CT molecular complexity index is 94.0. The molecule has 0 unspecified atom stereocenters. The van der Waals surface area contributed by atoms with Crippen LogP contribution in [-0.4, -0.2) is 14.5 Å². The molecule has 0 amide bonds. The van der Waals surface area contributed by atoms with Gasteiger partial charge in [-0.15, -0.1) is 0 Å². The first-order valence-corrected chi connectivity index (χ1v) is 4.21. The third-order valence-corrected chi connectivity index (χ3v) is 1.91. The van der Waals surface area contributed by atoms with Gasteiger partial charge in [-0.3, -0.25) is 0 Å². The molecule has 0 aromatic carbocycles. The van der Waals surface area contributed by atoms with Crippen LogP contribution < -0.4 is 27.2 Å². The molecule has 0 saturated carbocycles. The van der Waals surface area contributed by atoms with Gasteiger partial charge in [-0.05, 0) is 0 Å². The molecule has 0 radical (unpaired) electrons. The van der Waals surface area contributed by atoms with E-state index in [4.69, 9.17) is 5.73 Å². The first-order valence-electron chi connectivity index (χ1n) is 2.00. The third-order valence-electron chi connectivity index (χ3n) is 0.485. The van der Waals surface area contributed by atoms with Crippen LogP contribution in [0.3, 0.4) is 0 Å². The average molecular weight is 227 g/mol. The Labute approximate surface area is 59.1 Å². The number of carbonyl (C=O) groups is 1. The first-order chi connectivity index (χ1) is 3.81. The van der Waals surface area contributed by atoms with Gasteiger partial charge in [0.15, 0.2) is 0 Å². The van der Waals surface area contributed by atoms with E-state index in [-0.39, 0.29) is 0 Å². The Morgan fingerprint density at radius 3 is 2.75 bits per heavy atom. The van der Waals surface area contributed by atoms with Crippen LogP contribution in [0.2, 0.25) is 0 Å². The fraction of sp³-hybridized carbons (Fsp3) is 0.250. The molecule has 0 heterocycles. The van der Waals surface area contributed by atoms with Crippen LogP contribution in [0.15, 0.2) is 12.4 Å². The Morgan fingerprint density at radius 2 is 2.38 bits per heavy atom. The second kappa shape index (κ2) is 4.89. The van der Waals surface area contributed by atoms with Crippen LogP contribution in [0, 0.1) is 0 Å². The Hall–Kier alpha value is -0.260. The summed E-state index contributed by atoms with van der Waals surface area (Å²) in [6.45, 7) is 0. The van der Waals surface area contributed by atoms with Crippen molar-refractivity contribution >= 4 is 4.29 Å². The van der Waals surface area contributed by atoms with Crippen LogP contribution in [-0.2, 0) is 4.79 Å². The van der Waals surface area contributed by atoms with Crippen LogP contribution >= 0.6 is 0 Å². The van der Waals surface area contributed by atoms with Gasteiger partial charge in [-0.25, -0.2) is 0 Å². The Kier molecular flexibility index (Phi) is 4.73. The van der Waals surface area contributed by atoms with Gasteiger partial charge in [0.25, 0.3) is 0 Å². The normalized spacial score (nSPS) is 10.1. The summed E-state index contributed by atoms with van der Waals surface area (Å²) in [6.07, 6.45) is 3.10. The molecule has 48 valence electrons. The molecule has 2 N–H and O–H groups in total. The van der Waals surface area contributed by atoms with Crippen molar-refractivity contribution in [2.24, 2.45) is 5.73 Å². The molecule has 0 aliphatic rings. The molecule has 0 aromatic rings. The van der Waals surface area contributed by atoms with Gasteiger partial charge in [-0.2, -0.15) is 0 Å². The van der Waals surface area contributed by atoms with Gasteiger partial charge in [0, 0.05) is 0 Å². The minimum atomic E-state index is -0.455. The Morgan fingerprint density at radius 1 is 1.75 bits per heavy atom. The monoisotopic (exact) mass is 227 g/mol. The second-order valence-electron chi connectivity index (χ2n) is 1.05. The number of nitrogens with two attached hydrogens (primary N) is 1. The molecule has 3 nitrogen and oxygen atoms in total. The van der Waals surface area contributed by atoms with Gasteiger partial charge >= 0.3 is 58.9 Å². The summed E-state index contributed by atoms with van der Waals surface area (Å²) >= 11 is -0.455. The maximum absolute atomic E-state index is 9.82. The van der Waals surface area contributed by atoms with E-state index in [1.165, 1.54) is 6.20 Å². The molecule has 0 aliphatic heterocycles. The minimum absolute atomic E-state index is 0.455. The topological polar surface area (TPSA) is 46.3 Å². The maximum atomic E-state index is 9.82. The van der Waals surface area contributed by atoms with E-state index >= 15 is 0 Å². The summed E-state index contributed by atoms with van der Waals surface area (Å²) in [7, 11) is 1.82. The summed E-state index contributed by atoms with van der Waals surface area (Å²) in [5.41, 5.74) is 5.04. The molecule has 0 fully saturated rings. The summed E-state index contributed by atoms with van der Waals surface area (Å²) < 4.78 is 2.73. The molecule has 0 aromatic heterocycles. The van der Waals surface area contributed by atoms with Crippen LogP contribution in [0.25, 0.3) is 0 Å². The van der Waals surface area contributed by atoms with Crippen molar-refractivity contribution in [1.82, 2.24) is 3.11 Å². The standard InChI is InChI=1S/C4H8IN2O/c1-7(3-2-6)5-4-8/h2-4H,6H2,1H3/q-1/b3-2-. The van der Waals surface area contributed by atoms with Gasteiger partial charge in [-0.1, -0.05) is 0 Å². The molecule has 0 saturated heterocycles. The number of halogens is 1. The summed E-state index contributed by atoms with van der Waals surface area (Å²) in [4.78, 5) is 9.82.